The summed E-state index contributed by atoms with van der Waals surface area (Å²) in [5.74, 6) is 0. The molecule has 2 heteroatoms. The Morgan fingerprint density at radius 1 is 0.517 bits per heavy atom. The summed E-state index contributed by atoms with van der Waals surface area (Å²) in [6.07, 6.45) is 1.09. The molecule has 0 amide bonds. The maximum absolute atomic E-state index is 2.33. The van der Waals surface area contributed by atoms with Gasteiger partial charge in [-0.25, -0.2) is 0 Å². The van der Waals surface area contributed by atoms with Crippen LogP contribution in [0.25, 0.3) is 0 Å². The molecule has 0 fully saturated rings. The van der Waals surface area contributed by atoms with E-state index in [0.29, 0.717) is 5.66 Å². The molecule has 0 radical (unpaired) electrons. The summed E-state index contributed by atoms with van der Waals surface area (Å²) in [5, 5.41) is 4.34. The molecule has 0 saturated heterocycles. The van der Waals surface area contributed by atoms with E-state index in [9.17, 15) is 0 Å². The Kier molecular flexibility index (Phi) is 7.42. The van der Waals surface area contributed by atoms with E-state index in [0.717, 1.165) is 6.42 Å². The number of halogens is 1. The zero-order valence-electron chi connectivity index (χ0n) is 16.7. The SMILES string of the molecule is CCC(c1ccccc1)[P+](c1ccccc1)(c1ccccc1)c1ccccc1.[Br-]. The molecule has 4 rings (SSSR count). The van der Waals surface area contributed by atoms with Gasteiger partial charge in [0.1, 0.15) is 28.8 Å². The van der Waals surface area contributed by atoms with Crippen LogP contribution in [0.15, 0.2) is 121 Å². The van der Waals surface area contributed by atoms with Gasteiger partial charge in [0.25, 0.3) is 0 Å². The molecule has 0 aromatic heterocycles. The van der Waals surface area contributed by atoms with E-state index in [2.05, 4.69) is 128 Å². The quantitative estimate of drug-likeness (QED) is 0.387. The topological polar surface area (TPSA) is 0 Å². The third-order valence-electron chi connectivity index (χ3n) is 5.53. The monoisotopic (exact) mass is 460 g/mol. The van der Waals surface area contributed by atoms with Crippen molar-refractivity contribution < 1.29 is 17.0 Å². The second-order valence-corrected chi connectivity index (χ2v) is 10.7. The van der Waals surface area contributed by atoms with E-state index in [1.54, 1.807) is 0 Å². The number of rotatable bonds is 6. The predicted molar refractivity (Wildman–Crippen MR) is 125 cm³/mol. The van der Waals surface area contributed by atoms with Crippen LogP contribution in [0.5, 0.6) is 0 Å². The van der Waals surface area contributed by atoms with Crippen molar-refractivity contribution in [2.45, 2.75) is 19.0 Å². The minimum atomic E-state index is -1.89. The molecule has 0 N–H and O–H groups in total. The summed E-state index contributed by atoms with van der Waals surface area (Å²) in [6, 6.07) is 44.6. The molecule has 4 aromatic carbocycles. The first-order chi connectivity index (χ1) is 13.9. The molecule has 146 valence electrons. The van der Waals surface area contributed by atoms with Crippen molar-refractivity contribution in [3.63, 3.8) is 0 Å². The summed E-state index contributed by atoms with van der Waals surface area (Å²) < 4.78 is 0. The molecule has 0 heterocycles. The van der Waals surface area contributed by atoms with E-state index in [1.165, 1.54) is 21.5 Å². The van der Waals surface area contributed by atoms with Gasteiger partial charge in [-0.05, 0) is 48.4 Å². The molecule has 0 spiro atoms. The Hall–Kier alpha value is -2.21. The zero-order chi connectivity index (χ0) is 19.2. The highest BCUT2D eigenvalue weighted by Crippen LogP contribution is 2.67. The molecule has 1 unspecified atom stereocenters. The summed E-state index contributed by atoms with van der Waals surface area (Å²) in [4.78, 5) is 0. The van der Waals surface area contributed by atoms with E-state index in [4.69, 9.17) is 0 Å². The van der Waals surface area contributed by atoms with Gasteiger partial charge in [-0.15, -0.1) is 0 Å². The summed E-state index contributed by atoms with van der Waals surface area (Å²) in [6.45, 7) is 2.33. The van der Waals surface area contributed by atoms with Crippen LogP contribution in [0.3, 0.4) is 0 Å². The average Bonchev–Trinajstić information content (AvgIpc) is 2.80. The smallest absolute Gasteiger partial charge is 0.119 e. The number of hydrogen-bond acceptors (Lipinski definition) is 0. The second kappa shape index (κ2) is 10.0. The highest BCUT2D eigenvalue weighted by atomic mass is 79.9. The molecule has 4 aromatic rings. The van der Waals surface area contributed by atoms with Crippen molar-refractivity contribution in [2.24, 2.45) is 0 Å². The zero-order valence-corrected chi connectivity index (χ0v) is 19.1. The second-order valence-electron chi connectivity index (χ2n) is 7.06. The molecule has 0 bridgehead atoms. The Balaban J connectivity index is 0.00000240. The van der Waals surface area contributed by atoms with Crippen LogP contribution in [-0.4, -0.2) is 0 Å². The normalized spacial score (nSPS) is 12.0. The van der Waals surface area contributed by atoms with Crippen LogP contribution in [0.2, 0.25) is 0 Å². The van der Waals surface area contributed by atoms with E-state index < -0.39 is 7.26 Å². The fraction of sp³-hybridized carbons (Fsp3) is 0.111. The Bertz CT molecular complexity index is 889. The average molecular weight is 461 g/mol. The summed E-state index contributed by atoms with van der Waals surface area (Å²) in [5.41, 5.74) is 1.86. The minimum Gasteiger partial charge on any atom is -1.00 e. The van der Waals surface area contributed by atoms with Gasteiger partial charge in [0.05, 0.1) is 0 Å². The molecular formula is C27H26BrP. The van der Waals surface area contributed by atoms with Crippen molar-refractivity contribution in [3.8, 4) is 0 Å². The van der Waals surface area contributed by atoms with Crippen LogP contribution < -0.4 is 32.9 Å². The molecule has 0 aliphatic carbocycles. The maximum atomic E-state index is 2.33. The first-order valence-corrected chi connectivity index (χ1v) is 11.8. The lowest BCUT2D eigenvalue weighted by Crippen LogP contribution is -3.00. The van der Waals surface area contributed by atoms with Crippen molar-refractivity contribution in [1.29, 1.82) is 0 Å². The number of benzene rings is 4. The van der Waals surface area contributed by atoms with Gasteiger partial charge in [0.15, 0.2) is 0 Å². The van der Waals surface area contributed by atoms with Gasteiger partial charge < -0.3 is 17.0 Å². The molecule has 1 atom stereocenters. The molecular weight excluding hydrogens is 435 g/mol. The van der Waals surface area contributed by atoms with E-state index in [1.807, 2.05) is 0 Å². The largest absolute Gasteiger partial charge is 1.00 e. The highest BCUT2D eigenvalue weighted by Gasteiger charge is 2.52. The molecule has 0 saturated carbocycles. The van der Waals surface area contributed by atoms with E-state index >= 15 is 0 Å². The van der Waals surface area contributed by atoms with Gasteiger partial charge in [-0.3, -0.25) is 0 Å². The predicted octanol–water partition coefficient (Wildman–Crippen LogP) is 3.14. The van der Waals surface area contributed by atoms with Gasteiger partial charge >= 0.3 is 0 Å². The molecule has 29 heavy (non-hydrogen) atoms. The van der Waals surface area contributed by atoms with Crippen molar-refractivity contribution >= 4 is 23.2 Å². The Morgan fingerprint density at radius 2 is 0.828 bits per heavy atom. The fourth-order valence-corrected chi connectivity index (χ4v) is 9.45. The molecule has 0 aliphatic heterocycles. The van der Waals surface area contributed by atoms with Gasteiger partial charge in [-0.1, -0.05) is 91.9 Å². The lowest BCUT2D eigenvalue weighted by Gasteiger charge is -2.34. The van der Waals surface area contributed by atoms with Gasteiger partial charge in [0, 0.05) is 0 Å². The van der Waals surface area contributed by atoms with Crippen molar-refractivity contribution in [2.75, 3.05) is 0 Å². The van der Waals surface area contributed by atoms with Crippen molar-refractivity contribution in [3.05, 3.63) is 127 Å². The summed E-state index contributed by atoms with van der Waals surface area (Å²) >= 11 is 0. The maximum Gasteiger partial charge on any atom is 0.119 e. The first-order valence-electron chi connectivity index (χ1n) is 9.98. The Morgan fingerprint density at radius 3 is 1.14 bits per heavy atom. The third-order valence-corrected chi connectivity index (χ3v) is 10.5. The number of hydrogen-bond donors (Lipinski definition) is 0. The van der Waals surface area contributed by atoms with Crippen molar-refractivity contribution in [1.82, 2.24) is 0 Å². The third kappa shape index (κ3) is 4.08. The lowest BCUT2D eigenvalue weighted by molar-refractivity contribution is -0.00000545. The fourth-order valence-electron chi connectivity index (χ4n) is 4.38. The summed E-state index contributed by atoms with van der Waals surface area (Å²) in [7, 11) is -1.89. The Labute approximate surface area is 185 Å². The highest BCUT2D eigenvalue weighted by molar-refractivity contribution is 7.96. The van der Waals surface area contributed by atoms with Crippen LogP contribution in [0.4, 0.5) is 0 Å². The first kappa shape index (κ1) is 21.5. The van der Waals surface area contributed by atoms with Crippen LogP contribution >= 0.6 is 7.26 Å². The van der Waals surface area contributed by atoms with Gasteiger partial charge in [-0.2, -0.15) is 0 Å². The van der Waals surface area contributed by atoms with Crippen LogP contribution in [-0.2, 0) is 0 Å². The lowest BCUT2D eigenvalue weighted by atomic mass is 10.1. The molecule has 0 aliphatic rings. The standard InChI is InChI=1S/C27H26P.BrH/c1-2-27(23-15-7-3-8-16-23)28(24-17-9-4-10-18-24,25-19-11-5-12-20-25)26-21-13-6-14-22-26;/h3-22,27H,2H2,1H3;1H/q+1;/p-1. The molecule has 0 nitrogen and oxygen atoms in total. The van der Waals surface area contributed by atoms with E-state index in [-0.39, 0.29) is 17.0 Å². The van der Waals surface area contributed by atoms with Crippen LogP contribution in [0, 0.1) is 0 Å². The van der Waals surface area contributed by atoms with Gasteiger partial charge in [0.2, 0.25) is 0 Å². The van der Waals surface area contributed by atoms with Crippen LogP contribution in [0.1, 0.15) is 24.6 Å². The minimum absolute atomic E-state index is 0.